The Morgan fingerprint density at radius 1 is 1.10 bits per heavy atom. The fraction of sp³-hybridized carbons (Fsp3) is 0.391. The molecule has 3 rings (SSSR count). The van der Waals surface area contributed by atoms with Crippen molar-refractivity contribution in [1.29, 1.82) is 0 Å². The fourth-order valence-electron chi connectivity index (χ4n) is 3.25. The van der Waals surface area contributed by atoms with Gasteiger partial charge in [-0.25, -0.2) is 0 Å². The monoisotopic (exact) mass is 509 g/mol. The summed E-state index contributed by atoms with van der Waals surface area (Å²) < 4.78 is 38.3. The number of halogens is 3. The van der Waals surface area contributed by atoms with E-state index in [0.717, 1.165) is 48.1 Å². The summed E-state index contributed by atoms with van der Waals surface area (Å²) in [6.07, 6.45) is 9.92. The van der Waals surface area contributed by atoms with E-state index < -0.39 is 13.2 Å². The van der Waals surface area contributed by atoms with Crippen LogP contribution >= 0.6 is 27.3 Å². The zero-order chi connectivity index (χ0) is 22.3. The van der Waals surface area contributed by atoms with Gasteiger partial charge in [0.1, 0.15) is 6.08 Å². The lowest BCUT2D eigenvalue weighted by Gasteiger charge is -2.29. The first-order chi connectivity index (χ1) is 14.9. The summed E-state index contributed by atoms with van der Waals surface area (Å²) in [6.45, 7) is 6.48. The molecule has 0 radical (unpaired) electrons. The molecule has 0 aliphatic carbocycles. The number of benzene rings is 1. The van der Waals surface area contributed by atoms with E-state index in [0.29, 0.717) is 4.88 Å². The summed E-state index contributed by atoms with van der Waals surface area (Å²) in [6, 6.07) is 11.7. The summed E-state index contributed by atoms with van der Waals surface area (Å²) >= 11 is 4.65. The second kappa shape index (κ2) is 11.2. The predicted octanol–water partition coefficient (Wildman–Crippen LogP) is 7.56. The van der Waals surface area contributed by atoms with Gasteiger partial charge in [-0.1, -0.05) is 44.9 Å². The minimum Gasteiger partial charge on any atom is -0.600 e. The third-order valence-electron chi connectivity index (χ3n) is 4.92. The molecule has 1 aromatic carbocycles. The van der Waals surface area contributed by atoms with Crippen LogP contribution in [0.3, 0.4) is 0 Å². The Hall–Kier alpha value is -1.73. The highest BCUT2D eigenvalue weighted by Gasteiger charge is 2.43. The molecule has 0 amide bonds. The molecule has 0 saturated heterocycles. The molecule has 0 bridgehead atoms. The molecule has 0 N–H and O–H groups in total. The Morgan fingerprint density at radius 3 is 2.35 bits per heavy atom. The van der Waals surface area contributed by atoms with Gasteiger partial charge >= 0.3 is 12.9 Å². The average Bonchev–Trinajstić information content (AvgIpc) is 3.18. The van der Waals surface area contributed by atoms with E-state index in [1.54, 1.807) is 24.3 Å². The molecule has 1 atom stereocenters. The summed E-state index contributed by atoms with van der Waals surface area (Å²) in [5.41, 5.74) is 2.11. The van der Waals surface area contributed by atoms with Crippen LogP contribution in [0, 0.1) is 6.08 Å². The molecular formula is C23H27BBrF2NO2S. The Morgan fingerprint density at radius 2 is 1.77 bits per heavy atom. The molecule has 31 heavy (non-hydrogen) atoms. The Bertz CT molecular complexity index is 893. The summed E-state index contributed by atoms with van der Waals surface area (Å²) in [5.74, 6) is 0.0273. The lowest BCUT2D eigenvalue weighted by Crippen LogP contribution is -2.38. The molecule has 2 heterocycles. The van der Waals surface area contributed by atoms with Gasteiger partial charge in [0.05, 0.1) is 3.79 Å². The molecule has 0 spiro atoms. The zero-order valence-electron chi connectivity index (χ0n) is 17.8. The number of nitrogens with zero attached hydrogens (tertiary/aromatic N) is 1. The standard InChI is InChI=1S/C23H27BBrF2NO2S/c1-3-5-15-28(16-6-4-2)19-10-7-18(8-11-19)9-12-20-17-21(30-24(26,27)29-20)22-13-14-23(25)31-22/h7-14,20H,3-6,15-16H2,1-2H3. The zero-order valence-corrected chi connectivity index (χ0v) is 20.2. The van der Waals surface area contributed by atoms with Crippen molar-refractivity contribution in [3.63, 3.8) is 0 Å². The maximum atomic E-state index is 14.0. The molecule has 1 aliphatic heterocycles. The van der Waals surface area contributed by atoms with Crippen LogP contribution < -0.4 is 4.90 Å². The molecule has 0 fully saturated rings. The molecule has 2 aromatic rings. The number of rotatable bonds is 10. The number of unbranched alkanes of at least 4 members (excludes halogenated alkanes) is 2. The van der Waals surface area contributed by atoms with Crippen LogP contribution in [-0.4, -0.2) is 26.3 Å². The molecule has 3 nitrogen and oxygen atoms in total. The van der Waals surface area contributed by atoms with Gasteiger partial charge in [0, 0.05) is 24.8 Å². The van der Waals surface area contributed by atoms with Crippen molar-refractivity contribution >= 4 is 51.9 Å². The third-order valence-corrected chi connectivity index (χ3v) is 6.54. The van der Waals surface area contributed by atoms with Gasteiger partial charge < -0.3 is 22.8 Å². The van der Waals surface area contributed by atoms with Crippen molar-refractivity contribution in [3.8, 4) is 0 Å². The van der Waals surface area contributed by atoms with Crippen LogP contribution in [0.1, 0.15) is 50.0 Å². The van der Waals surface area contributed by atoms with Crippen LogP contribution in [0.5, 0.6) is 0 Å². The lowest BCUT2D eigenvalue weighted by molar-refractivity contribution is 0.104. The minimum absolute atomic E-state index is 0.0273. The van der Waals surface area contributed by atoms with Crippen molar-refractivity contribution < 1.29 is 17.9 Å². The molecule has 0 saturated carbocycles. The molecule has 1 aromatic heterocycles. The van der Waals surface area contributed by atoms with Crippen LogP contribution in [0.15, 0.2) is 46.3 Å². The summed E-state index contributed by atoms with van der Waals surface area (Å²) in [5, 5.41) is 0. The van der Waals surface area contributed by atoms with Crippen LogP contribution in [0.2, 0.25) is 0 Å². The minimum atomic E-state index is -4.39. The SMILES string of the molecule is CCCCN(CCCC)c1ccc(C=CC2[C+]=C(c3ccc(Br)s3)O[B-](F)(F)O2)cc1. The van der Waals surface area contributed by atoms with Crippen LogP contribution in [0.25, 0.3) is 11.8 Å². The molecule has 166 valence electrons. The van der Waals surface area contributed by atoms with Gasteiger partial charge in [0.25, 0.3) is 0 Å². The van der Waals surface area contributed by atoms with Crippen LogP contribution in [-0.2, 0) is 9.31 Å². The van der Waals surface area contributed by atoms with Gasteiger partial charge in [-0.3, -0.25) is 0 Å². The highest BCUT2D eigenvalue weighted by molar-refractivity contribution is 9.11. The fourth-order valence-corrected chi connectivity index (χ4v) is 4.59. The molecule has 1 unspecified atom stereocenters. The van der Waals surface area contributed by atoms with Crippen molar-refractivity contribution in [2.45, 2.75) is 45.6 Å². The van der Waals surface area contributed by atoms with Crippen molar-refractivity contribution in [1.82, 2.24) is 0 Å². The largest absolute Gasteiger partial charge is 0.668 e. The van der Waals surface area contributed by atoms with Gasteiger partial charge in [-0.05, 0) is 69.9 Å². The molecule has 1 aliphatic rings. The van der Waals surface area contributed by atoms with Crippen LogP contribution in [0.4, 0.5) is 14.3 Å². The summed E-state index contributed by atoms with van der Waals surface area (Å²) in [4.78, 5) is 2.99. The Balaban J connectivity index is 1.71. The van der Waals surface area contributed by atoms with Gasteiger partial charge in [-0.2, -0.15) is 0 Å². The number of anilines is 1. The average molecular weight is 510 g/mol. The van der Waals surface area contributed by atoms with E-state index in [4.69, 9.17) is 9.31 Å². The number of thiophene rings is 1. The van der Waals surface area contributed by atoms with E-state index in [1.165, 1.54) is 17.0 Å². The van der Waals surface area contributed by atoms with E-state index in [-0.39, 0.29) is 5.76 Å². The van der Waals surface area contributed by atoms with Crippen molar-refractivity contribution in [3.05, 3.63) is 62.8 Å². The van der Waals surface area contributed by atoms with Gasteiger partial charge in [-0.15, -0.1) is 0 Å². The topological polar surface area (TPSA) is 21.7 Å². The second-order valence-electron chi connectivity index (χ2n) is 7.43. The van der Waals surface area contributed by atoms with Gasteiger partial charge in [0.2, 0.25) is 4.88 Å². The highest BCUT2D eigenvalue weighted by Crippen LogP contribution is 2.35. The first-order valence-electron chi connectivity index (χ1n) is 10.7. The Labute approximate surface area is 196 Å². The normalized spacial score (nSPS) is 17.8. The predicted molar refractivity (Wildman–Crippen MR) is 130 cm³/mol. The first-order valence-corrected chi connectivity index (χ1v) is 12.3. The maximum absolute atomic E-state index is 14.0. The smallest absolute Gasteiger partial charge is 0.600 e. The molecule has 8 heteroatoms. The van der Waals surface area contributed by atoms with Crippen molar-refractivity contribution in [2.24, 2.45) is 0 Å². The highest BCUT2D eigenvalue weighted by atomic mass is 79.9. The van der Waals surface area contributed by atoms with E-state index in [1.807, 2.05) is 12.1 Å². The van der Waals surface area contributed by atoms with E-state index in [9.17, 15) is 8.63 Å². The Kier molecular flexibility index (Phi) is 8.67. The van der Waals surface area contributed by atoms with Gasteiger partial charge in [0.15, 0.2) is 6.10 Å². The number of hydrogen-bond acceptors (Lipinski definition) is 4. The number of hydrogen-bond donors (Lipinski definition) is 0. The second-order valence-corrected chi connectivity index (χ2v) is 9.89. The first kappa shape index (κ1) is 23.9. The molecular weight excluding hydrogens is 483 g/mol. The lowest BCUT2D eigenvalue weighted by atomic mass is 10.1. The van der Waals surface area contributed by atoms with E-state index >= 15 is 0 Å². The van der Waals surface area contributed by atoms with E-state index in [2.05, 4.69) is 52.9 Å². The maximum Gasteiger partial charge on any atom is 0.668 e. The summed E-state index contributed by atoms with van der Waals surface area (Å²) in [7, 11) is -4.39. The third kappa shape index (κ3) is 7.14. The quantitative estimate of drug-likeness (QED) is 0.243. The van der Waals surface area contributed by atoms with Crippen molar-refractivity contribution in [2.75, 3.05) is 18.0 Å².